The first kappa shape index (κ1) is 10.5. The zero-order valence-electron chi connectivity index (χ0n) is 7.59. The van der Waals surface area contributed by atoms with Gasteiger partial charge in [0, 0.05) is 16.7 Å². The monoisotopic (exact) mass is 242 g/mol. The van der Waals surface area contributed by atoms with Crippen molar-refractivity contribution in [3.8, 4) is 0 Å². The Hall–Kier alpha value is -0.540. The van der Waals surface area contributed by atoms with Crippen LogP contribution in [0.15, 0.2) is 28.7 Å². The minimum atomic E-state index is 0.778. The molecule has 1 aromatic carbocycles. The Balaban J connectivity index is 2.28. The zero-order valence-corrected chi connectivity index (χ0v) is 9.18. The van der Waals surface area contributed by atoms with Gasteiger partial charge in [0.25, 0.3) is 0 Å². The van der Waals surface area contributed by atoms with E-state index in [4.69, 9.17) is 5.73 Å². The molecule has 1 aromatic rings. The molecule has 13 heavy (non-hydrogen) atoms. The van der Waals surface area contributed by atoms with Crippen LogP contribution in [-0.4, -0.2) is 13.1 Å². The molecule has 0 aliphatic carbocycles. The molecule has 0 amide bonds. The maximum Gasteiger partial charge on any atom is 0.0351 e. The van der Waals surface area contributed by atoms with E-state index in [1.807, 2.05) is 12.1 Å². The van der Waals surface area contributed by atoms with Gasteiger partial charge < -0.3 is 11.1 Å². The minimum absolute atomic E-state index is 0.778. The SMILES string of the molecule is NCCCCNc1cccc(Br)c1. The van der Waals surface area contributed by atoms with Crippen LogP contribution in [0.4, 0.5) is 5.69 Å². The first-order valence-corrected chi connectivity index (χ1v) is 5.32. The molecule has 3 heteroatoms. The van der Waals surface area contributed by atoms with E-state index in [2.05, 4.69) is 33.4 Å². The molecule has 0 radical (unpaired) electrons. The van der Waals surface area contributed by atoms with E-state index in [0.29, 0.717) is 0 Å². The van der Waals surface area contributed by atoms with E-state index in [9.17, 15) is 0 Å². The highest BCUT2D eigenvalue weighted by Crippen LogP contribution is 2.15. The summed E-state index contributed by atoms with van der Waals surface area (Å²) in [7, 11) is 0. The van der Waals surface area contributed by atoms with E-state index in [1.54, 1.807) is 0 Å². The molecule has 2 nitrogen and oxygen atoms in total. The van der Waals surface area contributed by atoms with Crippen LogP contribution in [0.2, 0.25) is 0 Å². The number of nitrogens with two attached hydrogens (primary N) is 1. The first-order chi connectivity index (χ1) is 6.33. The van der Waals surface area contributed by atoms with Gasteiger partial charge in [0.1, 0.15) is 0 Å². The van der Waals surface area contributed by atoms with Gasteiger partial charge in [-0.1, -0.05) is 22.0 Å². The van der Waals surface area contributed by atoms with Crippen molar-refractivity contribution < 1.29 is 0 Å². The van der Waals surface area contributed by atoms with Crippen molar-refractivity contribution in [2.24, 2.45) is 5.73 Å². The normalized spacial score (nSPS) is 10.0. The number of hydrogen-bond acceptors (Lipinski definition) is 2. The lowest BCUT2D eigenvalue weighted by Crippen LogP contribution is -2.05. The van der Waals surface area contributed by atoms with Crippen LogP contribution in [0.25, 0.3) is 0 Å². The van der Waals surface area contributed by atoms with E-state index < -0.39 is 0 Å². The molecule has 0 saturated carbocycles. The molecule has 0 saturated heterocycles. The number of benzene rings is 1. The lowest BCUT2D eigenvalue weighted by Gasteiger charge is -2.05. The Bertz CT molecular complexity index is 250. The number of hydrogen-bond donors (Lipinski definition) is 2. The summed E-state index contributed by atoms with van der Waals surface area (Å²) in [6.07, 6.45) is 2.21. The molecule has 0 spiro atoms. The predicted octanol–water partition coefficient (Wildman–Crippen LogP) is 2.60. The van der Waals surface area contributed by atoms with Crippen LogP contribution in [-0.2, 0) is 0 Å². The van der Waals surface area contributed by atoms with Gasteiger partial charge >= 0.3 is 0 Å². The number of rotatable bonds is 5. The van der Waals surface area contributed by atoms with Crippen LogP contribution >= 0.6 is 15.9 Å². The zero-order chi connectivity index (χ0) is 9.52. The quantitative estimate of drug-likeness (QED) is 0.780. The molecule has 0 aliphatic heterocycles. The highest BCUT2D eigenvalue weighted by atomic mass is 79.9. The second-order valence-electron chi connectivity index (χ2n) is 2.93. The summed E-state index contributed by atoms with van der Waals surface area (Å²) in [4.78, 5) is 0. The lowest BCUT2D eigenvalue weighted by atomic mass is 10.3. The molecular weight excluding hydrogens is 228 g/mol. The van der Waals surface area contributed by atoms with Gasteiger partial charge in [0.2, 0.25) is 0 Å². The van der Waals surface area contributed by atoms with Crippen molar-refractivity contribution in [1.29, 1.82) is 0 Å². The molecule has 0 heterocycles. The fourth-order valence-electron chi connectivity index (χ4n) is 1.10. The van der Waals surface area contributed by atoms with E-state index in [0.717, 1.165) is 36.1 Å². The van der Waals surface area contributed by atoms with Crippen molar-refractivity contribution >= 4 is 21.6 Å². The summed E-state index contributed by atoms with van der Waals surface area (Å²) in [5.74, 6) is 0. The van der Waals surface area contributed by atoms with Crippen LogP contribution in [0.1, 0.15) is 12.8 Å². The van der Waals surface area contributed by atoms with Crippen molar-refractivity contribution in [3.05, 3.63) is 28.7 Å². The Morgan fingerprint density at radius 1 is 1.31 bits per heavy atom. The molecule has 0 unspecified atom stereocenters. The van der Waals surface area contributed by atoms with E-state index in [-0.39, 0.29) is 0 Å². The van der Waals surface area contributed by atoms with Crippen LogP contribution in [0.5, 0.6) is 0 Å². The average molecular weight is 243 g/mol. The summed E-state index contributed by atoms with van der Waals surface area (Å²) in [6, 6.07) is 8.18. The topological polar surface area (TPSA) is 38.0 Å². The molecule has 0 aromatic heterocycles. The van der Waals surface area contributed by atoms with Gasteiger partial charge in [-0.2, -0.15) is 0 Å². The van der Waals surface area contributed by atoms with Crippen molar-refractivity contribution in [2.45, 2.75) is 12.8 Å². The second kappa shape index (κ2) is 6.00. The Morgan fingerprint density at radius 2 is 2.15 bits per heavy atom. The fourth-order valence-corrected chi connectivity index (χ4v) is 1.50. The first-order valence-electron chi connectivity index (χ1n) is 4.52. The minimum Gasteiger partial charge on any atom is -0.385 e. The smallest absolute Gasteiger partial charge is 0.0351 e. The number of halogens is 1. The van der Waals surface area contributed by atoms with Crippen molar-refractivity contribution in [2.75, 3.05) is 18.4 Å². The Morgan fingerprint density at radius 3 is 2.85 bits per heavy atom. The third-order valence-electron chi connectivity index (χ3n) is 1.78. The summed E-state index contributed by atoms with van der Waals surface area (Å²) in [6.45, 7) is 1.77. The van der Waals surface area contributed by atoms with Crippen LogP contribution < -0.4 is 11.1 Å². The number of unbranched alkanes of at least 4 members (excludes halogenated alkanes) is 1. The maximum absolute atomic E-state index is 5.40. The summed E-state index contributed by atoms with van der Waals surface area (Å²) < 4.78 is 1.11. The standard InChI is InChI=1S/C10H15BrN2/c11-9-4-3-5-10(8-9)13-7-2-1-6-12/h3-5,8,13H,1-2,6-7,12H2. The van der Waals surface area contributed by atoms with Crippen LogP contribution in [0, 0.1) is 0 Å². The largest absolute Gasteiger partial charge is 0.385 e. The predicted molar refractivity (Wildman–Crippen MR) is 60.9 cm³/mol. The molecule has 1 rings (SSSR count). The highest BCUT2D eigenvalue weighted by molar-refractivity contribution is 9.10. The molecule has 0 fully saturated rings. The number of nitrogens with one attached hydrogen (secondary N) is 1. The Labute approximate surface area is 87.6 Å². The van der Waals surface area contributed by atoms with Gasteiger partial charge in [-0.05, 0) is 37.6 Å². The molecule has 72 valence electrons. The molecule has 0 atom stereocenters. The third-order valence-corrected chi connectivity index (χ3v) is 2.28. The third kappa shape index (κ3) is 4.29. The maximum atomic E-state index is 5.40. The lowest BCUT2D eigenvalue weighted by molar-refractivity contribution is 0.774. The van der Waals surface area contributed by atoms with Gasteiger partial charge in [0.05, 0.1) is 0 Å². The second-order valence-corrected chi connectivity index (χ2v) is 3.85. The molecule has 0 bridgehead atoms. The summed E-state index contributed by atoms with van der Waals surface area (Å²) in [5.41, 5.74) is 6.56. The van der Waals surface area contributed by atoms with Gasteiger partial charge in [-0.25, -0.2) is 0 Å². The molecule has 3 N–H and O–H groups in total. The van der Waals surface area contributed by atoms with E-state index >= 15 is 0 Å². The fraction of sp³-hybridized carbons (Fsp3) is 0.400. The van der Waals surface area contributed by atoms with Gasteiger partial charge in [-0.15, -0.1) is 0 Å². The van der Waals surface area contributed by atoms with Gasteiger partial charge in [0.15, 0.2) is 0 Å². The van der Waals surface area contributed by atoms with Crippen molar-refractivity contribution in [1.82, 2.24) is 0 Å². The summed E-state index contributed by atoms with van der Waals surface area (Å²) in [5, 5.41) is 3.33. The van der Waals surface area contributed by atoms with E-state index in [1.165, 1.54) is 0 Å². The molecular formula is C10H15BrN2. The summed E-state index contributed by atoms with van der Waals surface area (Å²) >= 11 is 3.42. The van der Waals surface area contributed by atoms with Crippen LogP contribution in [0.3, 0.4) is 0 Å². The number of anilines is 1. The van der Waals surface area contributed by atoms with Gasteiger partial charge in [-0.3, -0.25) is 0 Å². The highest BCUT2D eigenvalue weighted by Gasteiger charge is 1.91. The molecule has 0 aliphatic rings. The average Bonchev–Trinajstić information content (AvgIpc) is 2.13. The van der Waals surface area contributed by atoms with Crippen molar-refractivity contribution in [3.63, 3.8) is 0 Å². The Kier molecular flexibility index (Phi) is 4.86.